The minimum absolute atomic E-state index is 0.197. The Bertz CT molecular complexity index is 1080. The molecule has 3 rings (SSSR count). The molecule has 0 atom stereocenters. The molecule has 0 saturated carbocycles. The molecule has 0 bridgehead atoms. The predicted molar refractivity (Wildman–Crippen MR) is 119 cm³/mol. The monoisotopic (exact) mass is 459 g/mol. The molecule has 0 aliphatic carbocycles. The molecule has 1 saturated heterocycles. The van der Waals surface area contributed by atoms with E-state index in [4.69, 9.17) is 22.1 Å². The number of hydrogen-bond acceptors (Lipinski definition) is 6. The molecule has 4 amide bonds. The van der Waals surface area contributed by atoms with Crippen molar-refractivity contribution < 1.29 is 23.9 Å². The molecule has 1 aliphatic heterocycles. The molecule has 1 heterocycles. The van der Waals surface area contributed by atoms with Crippen LogP contribution >= 0.6 is 23.4 Å². The normalized spacial score (nSPS) is 14.8. The van der Waals surface area contributed by atoms with Gasteiger partial charge in [-0.1, -0.05) is 29.8 Å². The quantitative estimate of drug-likeness (QED) is 0.614. The summed E-state index contributed by atoms with van der Waals surface area (Å²) in [5, 5.41) is 2.59. The van der Waals surface area contributed by atoms with E-state index < -0.39 is 29.5 Å². The van der Waals surface area contributed by atoms with E-state index in [0.717, 1.165) is 22.2 Å². The Balaban J connectivity index is 1.65. The number of rotatable bonds is 7. The lowest BCUT2D eigenvalue weighted by molar-refractivity contribution is -0.127. The first kappa shape index (κ1) is 22.4. The third kappa shape index (κ3) is 5.87. The molecule has 2 aromatic carbocycles. The summed E-state index contributed by atoms with van der Waals surface area (Å²) in [5.74, 6) is -1.21. The number of thioether (sulfide) groups is 1. The Labute approximate surface area is 187 Å². The number of ether oxygens (including phenoxy) is 1. The second-order valence-corrected chi connectivity index (χ2v) is 8.03. The average Bonchev–Trinajstić information content (AvgIpc) is 2.97. The van der Waals surface area contributed by atoms with E-state index in [1.165, 1.54) is 0 Å². The Kier molecular flexibility index (Phi) is 6.98. The first-order valence-corrected chi connectivity index (χ1v) is 10.2. The predicted octanol–water partition coefficient (Wildman–Crippen LogP) is 3.19. The summed E-state index contributed by atoms with van der Waals surface area (Å²) in [6.45, 7) is 1.15. The van der Waals surface area contributed by atoms with Crippen molar-refractivity contribution in [3.63, 3.8) is 0 Å². The molecule has 2 aromatic rings. The van der Waals surface area contributed by atoms with E-state index in [2.05, 4.69) is 5.32 Å². The van der Waals surface area contributed by atoms with Gasteiger partial charge in [-0.2, -0.15) is 0 Å². The zero-order valence-electron chi connectivity index (χ0n) is 16.4. The number of halogens is 1. The average molecular weight is 460 g/mol. The number of imide groups is 1. The number of primary amides is 1. The second-order valence-electron chi connectivity index (χ2n) is 6.60. The van der Waals surface area contributed by atoms with Crippen LogP contribution in [-0.2, 0) is 14.4 Å². The summed E-state index contributed by atoms with van der Waals surface area (Å²) in [7, 11) is 0. The van der Waals surface area contributed by atoms with E-state index in [9.17, 15) is 19.2 Å². The van der Waals surface area contributed by atoms with Crippen LogP contribution < -0.4 is 15.8 Å². The Hall–Kier alpha value is -3.30. The largest absolute Gasteiger partial charge is 0.484 e. The highest BCUT2D eigenvalue weighted by Crippen LogP contribution is 2.32. The Morgan fingerprint density at radius 2 is 1.90 bits per heavy atom. The number of anilines is 1. The maximum Gasteiger partial charge on any atom is 0.294 e. The molecular weight excluding hydrogens is 442 g/mol. The summed E-state index contributed by atoms with van der Waals surface area (Å²) in [6.07, 6.45) is 1.54. The second kappa shape index (κ2) is 9.67. The van der Waals surface area contributed by atoms with Gasteiger partial charge in [0, 0.05) is 10.7 Å². The van der Waals surface area contributed by atoms with Gasteiger partial charge in [-0.3, -0.25) is 24.1 Å². The number of aryl methyl sites for hydroxylation is 1. The minimum atomic E-state index is -0.590. The van der Waals surface area contributed by atoms with Crippen molar-refractivity contribution >= 4 is 58.1 Å². The molecule has 0 unspecified atom stereocenters. The Morgan fingerprint density at radius 1 is 1.19 bits per heavy atom. The molecule has 3 N–H and O–H groups in total. The fourth-order valence-electron chi connectivity index (χ4n) is 2.66. The first-order valence-electron chi connectivity index (χ1n) is 9.05. The molecule has 0 aromatic heterocycles. The molecule has 1 aliphatic rings. The van der Waals surface area contributed by atoms with Gasteiger partial charge in [-0.05, 0) is 60.2 Å². The summed E-state index contributed by atoms with van der Waals surface area (Å²) < 4.78 is 5.17. The molecule has 10 heteroatoms. The summed E-state index contributed by atoms with van der Waals surface area (Å²) in [6, 6.07) is 11.6. The lowest BCUT2D eigenvalue weighted by Crippen LogP contribution is -2.36. The lowest BCUT2D eigenvalue weighted by Gasteiger charge is -2.13. The van der Waals surface area contributed by atoms with Gasteiger partial charge < -0.3 is 15.8 Å². The van der Waals surface area contributed by atoms with Crippen LogP contribution in [0.3, 0.4) is 0 Å². The van der Waals surface area contributed by atoms with Gasteiger partial charge in [-0.15, -0.1) is 0 Å². The number of carbonyl (C=O) groups excluding carboxylic acids is 4. The number of benzene rings is 2. The van der Waals surface area contributed by atoms with Crippen molar-refractivity contribution in [3.05, 3.63) is 63.5 Å². The summed E-state index contributed by atoms with van der Waals surface area (Å²) in [4.78, 5) is 49.1. The standard InChI is InChI=1S/C21H18ClN3O5S/c1-12-2-5-14(22)9-16(12)24-19(27)10-25-20(28)17(31-21(25)29)8-13-3-6-15(7-4-13)30-11-18(23)26/h2-9H,10-11H2,1H3,(H2,23,26)(H,24,27)/b17-8-. The highest BCUT2D eigenvalue weighted by Gasteiger charge is 2.36. The van der Waals surface area contributed by atoms with Crippen LogP contribution in [0.2, 0.25) is 5.02 Å². The van der Waals surface area contributed by atoms with Gasteiger partial charge in [0.2, 0.25) is 5.91 Å². The van der Waals surface area contributed by atoms with Crippen LogP contribution in [0.5, 0.6) is 5.75 Å². The fraction of sp³-hybridized carbons (Fsp3) is 0.143. The summed E-state index contributed by atoms with van der Waals surface area (Å²) in [5.41, 5.74) is 6.99. The van der Waals surface area contributed by atoms with Gasteiger partial charge in [0.05, 0.1) is 4.91 Å². The van der Waals surface area contributed by atoms with Crippen LogP contribution in [0.25, 0.3) is 6.08 Å². The molecule has 160 valence electrons. The van der Waals surface area contributed by atoms with Gasteiger partial charge in [-0.25, -0.2) is 0 Å². The third-order valence-corrected chi connectivity index (χ3v) is 5.35. The van der Waals surface area contributed by atoms with Crippen LogP contribution in [-0.4, -0.2) is 41.0 Å². The third-order valence-electron chi connectivity index (χ3n) is 4.21. The van der Waals surface area contributed by atoms with E-state index in [-0.39, 0.29) is 11.5 Å². The van der Waals surface area contributed by atoms with Crippen LogP contribution in [0.4, 0.5) is 10.5 Å². The zero-order chi connectivity index (χ0) is 22.5. The summed E-state index contributed by atoms with van der Waals surface area (Å²) >= 11 is 6.70. The molecule has 8 nitrogen and oxygen atoms in total. The SMILES string of the molecule is Cc1ccc(Cl)cc1NC(=O)CN1C(=O)S/C(=C\c2ccc(OCC(N)=O)cc2)C1=O. The molecule has 0 spiro atoms. The topological polar surface area (TPSA) is 119 Å². The van der Waals surface area contributed by atoms with E-state index >= 15 is 0 Å². The van der Waals surface area contributed by atoms with Crippen LogP contribution in [0, 0.1) is 6.92 Å². The van der Waals surface area contributed by atoms with Crippen LogP contribution in [0.1, 0.15) is 11.1 Å². The van der Waals surface area contributed by atoms with Gasteiger partial charge in [0.15, 0.2) is 6.61 Å². The molecule has 0 radical (unpaired) electrons. The van der Waals surface area contributed by atoms with E-state index in [0.29, 0.717) is 22.0 Å². The first-order chi connectivity index (χ1) is 14.7. The molecule has 31 heavy (non-hydrogen) atoms. The maximum atomic E-state index is 12.6. The number of carbonyl (C=O) groups is 4. The Morgan fingerprint density at radius 3 is 2.58 bits per heavy atom. The molecular formula is C21H18ClN3O5S. The van der Waals surface area contributed by atoms with E-state index in [1.54, 1.807) is 55.5 Å². The van der Waals surface area contributed by atoms with Crippen molar-refractivity contribution in [3.8, 4) is 5.75 Å². The van der Waals surface area contributed by atoms with Crippen molar-refractivity contribution in [2.45, 2.75) is 6.92 Å². The van der Waals surface area contributed by atoms with Crippen molar-refractivity contribution in [2.75, 3.05) is 18.5 Å². The van der Waals surface area contributed by atoms with Crippen LogP contribution in [0.15, 0.2) is 47.4 Å². The number of nitrogens with two attached hydrogens (primary N) is 1. The van der Waals surface area contributed by atoms with Gasteiger partial charge in [0.1, 0.15) is 12.3 Å². The van der Waals surface area contributed by atoms with Crippen molar-refractivity contribution in [1.29, 1.82) is 0 Å². The van der Waals surface area contributed by atoms with Gasteiger partial charge in [0.25, 0.3) is 17.1 Å². The number of nitrogens with zero attached hydrogens (tertiary/aromatic N) is 1. The molecule has 1 fully saturated rings. The van der Waals surface area contributed by atoms with E-state index in [1.807, 2.05) is 0 Å². The van der Waals surface area contributed by atoms with Crippen molar-refractivity contribution in [2.24, 2.45) is 5.73 Å². The highest BCUT2D eigenvalue weighted by atomic mass is 35.5. The highest BCUT2D eigenvalue weighted by molar-refractivity contribution is 8.18. The fourth-order valence-corrected chi connectivity index (χ4v) is 3.68. The number of nitrogens with one attached hydrogen (secondary N) is 1. The number of amides is 4. The maximum absolute atomic E-state index is 12.6. The van der Waals surface area contributed by atoms with Gasteiger partial charge >= 0.3 is 0 Å². The van der Waals surface area contributed by atoms with Crippen molar-refractivity contribution in [1.82, 2.24) is 4.90 Å². The smallest absolute Gasteiger partial charge is 0.294 e. The zero-order valence-corrected chi connectivity index (χ0v) is 18.0. The number of hydrogen-bond donors (Lipinski definition) is 2. The minimum Gasteiger partial charge on any atom is -0.484 e. The lowest BCUT2D eigenvalue weighted by atomic mass is 10.2.